The van der Waals surface area contributed by atoms with E-state index >= 15 is 0 Å². The number of hydrogen-bond donors (Lipinski definition) is 1. The smallest absolute Gasteiger partial charge is 0.260 e. The molecule has 1 fully saturated rings. The molecular weight excluding hydrogens is 442 g/mol. The standard InChI is InChI=1S/C24H31N3O5S/c1-18(19-9-11-22(12-10-19)33(30,31)26(2)3)25-24(29)20-13-15-27(16-14-20)23(28)17-32-21-7-5-4-6-8-21/h4-12,18,20H,13-17H2,1-3H3,(H,25,29). The van der Waals surface area contributed by atoms with Crippen molar-refractivity contribution in [2.45, 2.75) is 30.7 Å². The Balaban J connectivity index is 1.47. The van der Waals surface area contributed by atoms with Crippen molar-refractivity contribution in [2.75, 3.05) is 33.8 Å². The van der Waals surface area contributed by atoms with Crippen LogP contribution in [0, 0.1) is 5.92 Å². The first-order valence-corrected chi connectivity index (χ1v) is 12.4. The maximum absolute atomic E-state index is 12.7. The van der Waals surface area contributed by atoms with Gasteiger partial charge in [-0.2, -0.15) is 0 Å². The highest BCUT2D eigenvalue weighted by atomic mass is 32.2. The maximum atomic E-state index is 12.7. The van der Waals surface area contributed by atoms with E-state index in [2.05, 4.69) is 5.32 Å². The molecule has 0 spiro atoms. The Morgan fingerprint density at radius 2 is 1.67 bits per heavy atom. The zero-order chi connectivity index (χ0) is 24.0. The number of likely N-dealkylation sites (tertiary alicyclic amines) is 1. The van der Waals surface area contributed by atoms with E-state index in [1.807, 2.05) is 25.1 Å². The fraction of sp³-hybridized carbons (Fsp3) is 0.417. The van der Waals surface area contributed by atoms with E-state index in [0.29, 0.717) is 31.7 Å². The number of carbonyl (C=O) groups is 2. The molecule has 1 atom stereocenters. The number of sulfonamides is 1. The third-order valence-electron chi connectivity index (χ3n) is 5.84. The van der Waals surface area contributed by atoms with Gasteiger partial charge < -0.3 is 15.0 Å². The molecule has 2 aromatic carbocycles. The molecule has 3 rings (SSSR count). The fourth-order valence-electron chi connectivity index (χ4n) is 3.70. The average molecular weight is 474 g/mol. The molecule has 1 heterocycles. The summed E-state index contributed by atoms with van der Waals surface area (Å²) < 4.78 is 31.1. The van der Waals surface area contributed by atoms with E-state index in [4.69, 9.17) is 4.74 Å². The van der Waals surface area contributed by atoms with E-state index in [9.17, 15) is 18.0 Å². The molecule has 1 saturated heterocycles. The van der Waals surface area contributed by atoms with E-state index in [1.54, 1.807) is 41.3 Å². The molecule has 9 heteroatoms. The van der Waals surface area contributed by atoms with Crippen LogP contribution in [-0.4, -0.2) is 63.2 Å². The van der Waals surface area contributed by atoms with Crippen molar-refractivity contribution in [3.05, 3.63) is 60.2 Å². The van der Waals surface area contributed by atoms with Crippen LogP contribution in [0.1, 0.15) is 31.4 Å². The van der Waals surface area contributed by atoms with Crippen LogP contribution in [-0.2, 0) is 19.6 Å². The van der Waals surface area contributed by atoms with Crippen molar-refractivity contribution < 1.29 is 22.7 Å². The van der Waals surface area contributed by atoms with Gasteiger partial charge in [0, 0.05) is 33.1 Å². The Morgan fingerprint density at radius 1 is 1.06 bits per heavy atom. The molecule has 1 unspecified atom stereocenters. The maximum Gasteiger partial charge on any atom is 0.260 e. The van der Waals surface area contributed by atoms with Gasteiger partial charge in [0.2, 0.25) is 15.9 Å². The van der Waals surface area contributed by atoms with E-state index in [0.717, 1.165) is 9.87 Å². The van der Waals surface area contributed by atoms with Gasteiger partial charge in [-0.05, 0) is 49.6 Å². The molecule has 33 heavy (non-hydrogen) atoms. The number of piperidine rings is 1. The second-order valence-electron chi connectivity index (χ2n) is 8.34. The number of nitrogens with zero attached hydrogens (tertiary/aromatic N) is 2. The zero-order valence-corrected chi connectivity index (χ0v) is 20.0. The number of ether oxygens (including phenoxy) is 1. The minimum atomic E-state index is -3.49. The number of hydrogen-bond acceptors (Lipinski definition) is 5. The van der Waals surface area contributed by atoms with Crippen molar-refractivity contribution in [1.29, 1.82) is 0 Å². The summed E-state index contributed by atoms with van der Waals surface area (Å²) in [4.78, 5) is 27.1. The summed E-state index contributed by atoms with van der Waals surface area (Å²) in [5.41, 5.74) is 0.826. The minimum absolute atomic E-state index is 0.0164. The summed E-state index contributed by atoms with van der Waals surface area (Å²) in [5, 5.41) is 3.01. The molecule has 2 amide bonds. The molecular formula is C24H31N3O5S. The van der Waals surface area contributed by atoms with Crippen LogP contribution in [0.15, 0.2) is 59.5 Å². The topological polar surface area (TPSA) is 96.0 Å². The highest BCUT2D eigenvalue weighted by Crippen LogP contribution is 2.22. The summed E-state index contributed by atoms with van der Waals surface area (Å²) in [7, 11) is -0.512. The van der Waals surface area contributed by atoms with Crippen LogP contribution in [0.25, 0.3) is 0 Å². The number of para-hydroxylation sites is 1. The highest BCUT2D eigenvalue weighted by molar-refractivity contribution is 7.89. The van der Waals surface area contributed by atoms with Crippen molar-refractivity contribution in [3.8, 4) is 5.75 Å². The number of carbonyl (C=O) groups excluding carboxylic acids is 2. The van der Waals surface area contributed by atoms with Gasteiger partial charge in [-0.1, -0.05) is 30.3 Å². The summed E-state index contributed by atoms with van der Waals surface area (Å²) in [6.07, 6.45) is 1.19. The zero-order valence-electron chi connectivity index (χ0n) is 19.2. The summed E-state index contributed by atoms with van der Waals surface area (Å²) >= 11 is 0. The van der Waals surface area contributed by atoms with Crippen molar-refractivity contribution in [3.63, 3.8) is 0 Å². The Hall–Kier alpha value is -2.91. The Kier molecular flexibility index (Phi) is 8.10. The molecule has 2 aromatic rings. The van der Waals surface area contributed by atoms with Gasteiger partial charge in [-0.25, -0.2) is 12.7 Å². The van der Waals surface area contributed by atoms with Gasteiger partial charge in [0.1, 0.15) is 5.75 Å². The van der Waals surface area contributed by atoms with Crippen LogP contribution >= 0.6 is 0 Å². The quantitative estimate of drug-likeness (QED) is 0.635. The number of amides is 2. The first-order chi connectivity index (χ1) is 15.7. The molecule has 178 valence electrons. The minimum Gasteiger partial charge on any atom is -0.484 e. The van der Waals surface area contributed by atoms with Gasteiger partial charge in [-0.3, -0.25) is 9.59 Å². The van der Waals surface area contributed by atoms with Crippen molar-refractivity contribution in [1.82, 2.24) is 14.5 Å². The van der Waals surface area contributed by atoms with Crippen LogP contribution < -0.4 is 10.1 Å². The molecule has 0 radical (unpaired) electrons. The SMILES string of the molecule is CC(NC(=O)C1CCN(C(=O)COc2ccccc2)CC1)c1ccc(S(=O)(=O)N(C)C)cc1. The van der Waals surface area contributed by atoms with Gasteiger partial charge in [0.05, 0.1) is 10.9 Å². The molecule has 0 saturated carbocycles. The lowest BCUT2D eigenvalue weighted by atomic mass is 9.95. The molecule has 1 aliphatic heterocycles. The first-order valence-electron chi connectivity index (χ1n) is 11.0. The highest BCUT2D eigenvalue weighted by Gasteiger charge is 2.28. The predicted octanol–water partition coefficient (Wildman–Crippen LogP) is 2.43. The monoisotopic (exact) mass is 473 g/mol. The Labute approximate surface area is 195 Å². The lowest BCUT2D eigenvalue weighted by Gasteiger charge is -2.32. The lowest BCUT2D eigenvalue weighted by Crippen LogP contribution is -2.44. The Morgan fingerprint density at radius 3 is 2.24 bits per heavy atom. The third-order valence-corrected chi connectivity index (χ3v) is 7.67. The molecule has 0 bridgehead atoms. The van der Waals surface area contributed by atoms with Gasteiger partial charge in [0.15, 0.2) is 6.61 Å². The van der Waals surface area contributed by atoms with Crippen LogP contribution in [0.5, 0.6) is 5.75 Å². The second-order valence-corrected chi connectivity index (χ2v) is 10.5. The predicted molar refractivity (Wildman–Crippen MR) is 125 cm³/mol. The molecule has 0 aliphatic carbocycles. The number of benzene rings is 2. The van der Waals surface area contributed by atoms with Crippen molar-refractivity contribution in [2.24, 2.45) is 5.92 Å². The normalized spacial score (nSPS) is 15.8. The molecule has 1 N–H and O–H groups in total. The van der Waals surface area contributed by atoms with E-state index < -0.39 is 10.0 Å². The lowest BCUT2D eigenvalue weighted by molar-refractivity contribution is -0.137. The van der Waals surface area contributed by atoms with E-state index in [1.165, 1.54) is 14.1 Å². The third kappa shape index (κ3) is 6.33. The summed E-state index contributed by atoms with van der Waals surface area (Å²) in [6.45, 7) is 2.88. The second kappa shape index (κ2) is 10.8. The van der Waals surface area contributed by atoms with Gasteiger partial charge >= 0.3 is 0 Å². The average Bonchev–Trinajstić information content (AvgIpc) is 2.83. The molecule has 1 aliphatic rings. The van der Waals surface area contributed by atoms with Crippen LogP contribution in [0.4, 0.5) is 0 Å². The fourth-order valence-corrected chi connectivity index (χ4v) is 4.60. The number of nitrogens with one attached hydrogen (secondary N) is 1. The summed E-state index contributed by atoms with van der Waals surface area (Å²) in [6, 6.07) is 15.5. The van der Waals surface area contributed by atoms with Crippen LogP contribution in [0.2, 0.25) is 0 Å². The van der Waals surface area contributed by atoms with Crippen molar-refractivity contribution >= 4 is 21.8 Å². The molecule has 8 nitrogen and oxygen atoms in total. The first kappa shape index (κ1) is 24.7. The van der Waals surface area contributed by atoms with Gasteiger partial charge in [0.25, 0.3) is 5.91 Å². The molecule has 0 aromatic heterocycles. The van der Waals surface area contributed by atoms with E-state index in [-0.39, 0.29) is 35.3 Å². The van der Waals surface area contributed by atoms with Gasteiger partial charge in [-0.15, -0.1) is 0 Å². The largest absolute Gasteiger partial charge is 0.484 e. The number of rotatable bonds is 8. The van der Waals surface area contributed by atoms with Crippen LogP contribution in [0.3, 0.4) is 0 Å². The summed E-state index contributed by atoms with van der Waals surface area (Å²) in [5.74, 6) is 0.348. The Bertz CT molecular complexity index is 1050.